The van der Waals surface area contributed by atoms with Gasteiger partial charge in [0.1, 0.15) is 11.6 Å². The van der Waals surface area contributed by atoms with Crippen molar-refractivity contribution in [1.29, 1.82) is 0 Å². The molecule has 2 aromatic heterocycles. The van der Waals surface area contributed by atoms with Gasteiger partial charge in [0.05, 0.1) is 5.56 Å². The number of rotatable bonds is 7. The molecule has 1 N–H and O–H groups in total. The van der Waals surface area contributed by atoms with Crippen LogP contribution in [0.5, 0.6) is 5.75 Å². The minimum atomic E-state index is -4.75. The van der Waals surface area contributed by atoms with Gasteiger partial charge in [-0.2, -0.15) is 0 Å². The second kappa shape index (κ2) is 9.77. The van der Waals surface area contributed by atoms with Crippen LogP contribution >= 0.6 is 0 Å². The number of carbonyl (C=O) groups is 2. The minimum absolute atomic E-state index is 0.249. The number of ether oxygens (including phenoxy) is 1. The number of pyridine rings is 2. The van der Waals surface area contributed by atoms with Crippen molar-refractivity contribution in [2.45, 2.75) is 19.5 Å². The number of nitrogens with zero attached hydrogens (tertiary/aromatic N) is 4. The molecule has 1 aliphatic heterocycles. The number of benzene rings is 1. The molecule has 11 heteroatoms. The smallest absolute Gasteiger partial charge is 0.406 e. The van der Waals surface area contributed by atoms with E-state index in [1.165, 1.54) is 35.4 Å². The largest absolute Gasteiger partial charge is 0.573 e. The lowest BCUT2D eigenvalue weighted by Gasteiger charge is -2.18. The summed E-state index contributed by atoms with van der Waals surface area (Å²) >= 11 is 0. The molecule has 3 aromatic rings. The zero-order valence-corrected chi connectivity index (χ0v) is 17.8. The van der Waals surface area contributed by atoms with Gasteiger partial charge in [-0.1, -0.05) is 18.2 Å². The molecule has 3 heterocycles. The third-order valence-electron chi connectivity index (χ3n) is 5.09. The second-order valence-corrected chi connectivity index (χ2v) is 7.50. The van der Waals surface area contributed by atoms with Crippen LogP contribution in [0, 0.1) is 0 Å². The molecule has 3 amide bonds. The van der Waals surface area contributed by atoms with Gasteiger partial charge in [0.2, 0.25) is 0 Å². The van der Waals surface area contributed by atoms with E-state index in [4.69, 9.17) is 0 Å². The first-order valence-corrected chi connectivity index (χ1v) is 10.3. The van der Waals surface area contributed by atoms with E-state index in [2.05, 4.69) is 20.0 Å². The van der Waals surface area contributed by atoms with Crippen LogP contribution < -0.4 is 15.0 Å². The summed E-state index contributed by atoms with van der Waals surface area (Å²) in [6.07, 6.45) is -0.0931. The first-order valence-electron chi connectivity index (χ1n) is 10.3. The summed E-state index contributed by atoms with van der Waals surface area (Å²) in [5.41, 5.74) is 1.90. The van der Waals surface area contributed by atoms with E-state index in [0.29, 0.717) is 30.0 Å². The van der Waals surface area contributed by atoms with E-state index in [-0.39, 0.29) is 30.8 Å². The highest BCUT2D eigenvalue weighted by Crippen LogP contribution is 2.24. The molecular formula is C23H20F3N5O3. The lowest BCUT2D eigenvalue weighted by Crippen LogP contribution is -2.32. The fraction of sp³-hybridized carbons (Fsp3) is 0.217. The van der Waals surface area contributed by atoms with E-state index in [9.17, 15) is 22.8 Å². The summed E-state index contributed by atoms with van der Waals surface area (Å²) in [4.78, 5) is 36.3. The molecule has 0 unspecified atom stereocenters. The highest BCUT2D eigenvalue weighted by Gasteiger charge is 2.32. The van der Waals surface area contributed by atoms with Crippen LogP contribution in [-0.4, -0.2) is 46.3 Å². The molecule has 0 saturated carbocycles. The predicted molar refractivity (Wildman–Crippen MR) is 116 cm³/mol. The van der Waals surface area contributed by atoms with Gasteiger partial charge in [0, 0.05) is 44.8 Å². The number of urea groups is 1. The standard InChI is InChI=1S/C23H20F3N5O3/c24-23(25,26)34-19-6-3-16(4-7-19)15-30-10-11-31(22(30)33)20-8-5-17(12-28-20)13-29-21(32)18-2-1-9-27-14-18/h1-9,12,14H,10-11,13,15H2,(H,29,32). The van der Waals surface area contributed by atoms with Gasteiger partial charge < -0.3 is 15.0 Å². The van der Waals surface area contributed by atoms with Crippen molar-refractivity contribution in [3.63, 3.8) is 0 Å². The number of hydrogen-bond donors (Lipinski definition) is 1. The van der Waals surface area contributed by atoms with Crippen molar-refractivity contribution in [2.24, 2.45) is 0 Å². The van der Waals surface area contributed by atoms with Crippen molar-refractivity contribution in [3.05, 3.63) is 83.8 Å². The third kappa shape index (κ3) is 5.80. The predicted octanol–water partition coefficient (Wildman–Crippen LogP) is 3.75. The van der Waals surface area contributed by atoms with Gasteiger partial charge in [0.25, 0.3) is 5.91 Å². The molecule has 176 valence electrons. The molecule has 1 aromatic carbocycles. The van der Waals surface area contributed by atoms with Gasteiger partial charge in [-0.3, -0.25) is 14.7 Å². The Balaban J connectivity index is 1.31. The molecule has 1 fully saturated rings. The quantitative estimate of drug-likeness (QED) is 0.567. The number of hydrogen-bond acceptors (Lipinski definition) is 5. The van der Waals surface area contributed by atoms with Gasteiger partial charge in [-0.05, 0) is 41.5 Å². The summed E-state index contributed by atoms with van der Waals surface area (Å²) in [6, 6.07) is 12.0. The first kappa shape index (κ1) is 23.0. The highest BCUT2D eigenvalue weighted by molar-refractivity contribution is 5.94. The summed E-state index contributed by atoms with van der Waals surface area (Å²) in [5.74, 6) is -0.0872. The third-order valence-corrected chi connectivity index (χ3v) is 5.09. The maximum atomic E-state index is 12.8. The topological polar surface area (TPSA) is 87.7 Å². The van der Waals surface area contributed by atoms with Crippen LogP contribution in [0.25, 0.3) is 0 Å². The molecule has 8 nitrogen and oxygen atoms in total. The van der Waals surface area contributed by atoms with Crippen LogP contribution in [0.4, 0.5) is 23.8 Å². The molecule has 0 atom stereocenters. The van der Waals surface area contributed by atoms with Crippen LogP contribution in [0.3, 0.4) is 0 Å². The summed E-state index contributed by atoms with van der Waals surface area (Å²) in [7, 11) is 0. The first-order chi connectivity index (χ1) is 16.3. The van der Waals surface area contributed by atoms with E-state index >= 15 is 0 Å². The number of alkyl halides is 3. The van der Waals surface area contributed by atoms with Gasteiger partial charge in [0.15, 0.2) is 0 Å². The molecular weight excluding hydrogens is 451 g/mol. The number of halogens is 3. The molecule has 0 aliphatic carbocycles. The Morgan fingerprint density at radius 1 is 1.03 bits per heavy atom. The van der Waals surface area contributed by atoms with Gasteiger partial charge in [-0.15, -0.1) is 13.2 Å². The summed E-state index contributed by atoms with van der Waals surface area (Å²) < 4.78 is 40.7. The molecule has 1 saturated heterocycles. The number of amides is 3. The van der Waals surface area contributed by atoms with Crippen molar-refractivity contribution < 1.29 is 27.5 Å². The molecule has 0 bridgehead atoms. The van der Waals surface area contributed by atoms with Crippen molar-refractivity contribution in [3.8, 4) is 5.75 Å². The molecule has 0 spiro atoms. The second-order valence-electron chi connectivity index (χ2n) is 7.50. The number of carbonyl (C=O) groups excluding carboxylic acids is 2. The monoisotopic (exact) mass is 471 g/mol. The maximum Gasteiger partial charge on any atom is 0.573 e. The Labute approximate surface area is 193 Å². The molecule has 1 aliphatic rings. The average molecular weight is 471 g/mol. The maximum absolute atomic E-state index is 12.8. The van der Waals surface area contributed by atoms with E-state index < -0.39 is 6.36 Å². The van der Waals surface area contributed by atoms with Crippen LogP contribution in [0.15, 0.2) is 67.1 Å². The minimum Gasteiger partial charge on any atom is -0.406 e. The number of nitrogens with one attached hydrogen (secondary N) is 1. The lowest BCUT2D eigenvalue weighted by atomic mass is 10.2. The Bertz CT molecular complexity index is 1140. The Morgan fingerprint density at radius 2 is 1.79 bits per heavy atom. The lowest BCUT2D eigenvalue weighted by molar-refractivity contribution is -0.274. The number of anilines is 1. The fourth-order valence-corrected chi connectivity index (χ4v) is 3.42. The van der Waals surface area contributed by atoms with E-state index in [1.54, 1.807) is 41.6 Å². The Kier molecular flexibility index (Phi) is 6.62. The zero-order chi connectivity index (χ0) is 24.1. The van der Waals surface area contributed by atoms with Crippen molar-refractivity contribution >= 4 is 17.8 Å². The average Bonchev–Trinajstić information content (AvgIpc) is 3.18. The zero-order valence-electron chi connectivity index (χ0n) is 17.8. The van der Waals surface area contributed by atoms with Gasteiger partial charge in [-0.25, -0.2) is 9.78 Å². The highest BCUT2D eigenvalue weighted by atomic mass is 19.4. The molecule has 0 radical (unpaired) electrons. The van der Waals surface area contributed by atoms with Crippen LogP contribution in [0.2, 0.25) is 0 Å². The van der Waals surface area contributed by atoms with Crippen molar-refractivity contribution in [2.75, 3.05) is 18.0 Å². The Hall–Kier alpha value is -4.15. The van der Waals surface area contributed by atoms with Crippen LogP contribution in [-0.2, 0) is 13.1 Å². The molecule has 4 rings (SSSR count). The fourth-order valence-electron chi connectivity index (χ4n) is 3.42. The normalized spacial score (nSPS) is 13.8. The summed E-state index contributed by atoms with van der Waals surface area (Å²) in [6.45, 7) is 1.40. The van der Waals surface area contributed by atoms with Crippen molar-refractivity contribution in [1.82, 2.24) is 20.2 Å². The Morgan fingerprint density at radius 3 is 2.44 bits per heavy atom. The van der Waals surface area contributed by atoms with E-state index in [1.807, 2.05) is 0 Å². The SMILES string of the molecule is O=C(NCc1ccc(N2CCN(Cc3ccc(OC(F)(F)F)cc3)C2=O)nc1)c1cccnc1. The van der Waals surface area contributed by atoms with E-state index in [0.717, 1.165) is 5.56 Å². The number of aromatic nitrogens is 2. The summed E-state index contributed by atoms with van der Waals surface area (Å²) in [5, 5.41) is 2.78. The van der Waals surface area contributed by atoms with Crippen LogP contribution in [0.1, 0.15) is 21.5 Å². The molecule has 34 heavy (non-hydrogen) atoms. The van der Waals surface area contributed by atoms with Gasteiger partial charge >= 0.3 is 12.4 Å².